The van der Waals surface area contributed by atoms with Gasteiger partial charge in [-0.1, -0.05) is 6.92 Å². The largest absolute Gasteiger partial charge is 0.491 e. The van der Waals surface area contributed by atoms with E-state index in [1.165, 1.54) is 6.07 Å². The molecule has 1 aromatic carbocycles. The number of nitrogen functional groups attached to an aromatic ring is 1. The molecule has 16 heavy (non-hydrogen) atoms. The van der Waals surface area contributed by atoms with Gasteiger partial charge in [-0.2, -0.15) is 5.26 Å². The summed E-state index contributed by atoms with van der Waals surface area (Å²) >= 11 is 0. The third-order valence-corrected chi connectivity index (χ3v) is 2.11. The van der Waals surface area contributed by atoms with Gasteiger partial charge in [-0.25, -0.2) is 0 Å². The highest BCUT2D eigenvalue weighted by Gasteiger charge is 2.10. The van der Waals surface area contributed by atoms with Gasteiger partial charge in [-0.3, -0.25) is 4.79 Å². The van der Waals surface area contributed by atoms with Gasteiger partial charge in [-0.05, 0) is 18.2 Å². The van der Waals surface area contributed by atoms with Crippen LogP contribution >= 0.6 is 0 Å². The van der Waals surface area contributed by atoms with Crippen molar-refractivity contribution in [2.45, 2.75) is 6.92 Å². The van der Waals surface area contributed by atoms with Gasteiger partial charge in [0.2, 0.25) is 5.91 Å². The lowest BCUT2D eigenvalue weighted by molar-refractivity contribution is -0.122. The molecule has 0 heterocycles. The van der Waals surface area contributed by atoms with Crippen molar-refractivity contribution in [1.82, 2.24) is 0 Å². The number of anilines is 1. The fourth-order valence-corrected chi connectivity index (χ4v) is 1.05. The van der Waals surface area contributed by atoms with E-state index in [1.54, 1.807) is 19.1 Å². The number of nitriles is 1. The quantitative estimate of drug-likeness (QED) is 0.725. The summed E-state index contributed by atoms with van der Waals surface area (Å²) in [4.78, 5) is 10.8. The molecule has 84 valence electrons. The second-order valence-corrected chi connectivity index (χ2v) is 3.48. The van der Waals surface area contributed by atoms with Gasteiger partial charge < -0.3 is 16.2 Å². The van der Waals surface area contributed by atoms with Crippen molar-refractivity contribution in [2.24, 2.45) is 11.7 Å². The molecule has 5 heteroatoms. The Kier molecular flexibility index (Phi) is 3.72. The number of nitrogens with two attached hydrogens (primary N) is 2. The minimum Gasteiger partial charge on any atom is -0.491 e. The van der Waals surface area contributed by atoms with Gasteiger partial charge in [0.1, 0.15) is 5.75 Å². The van der Waals surface area contributed by atoms with Crippen LogP contribution < -0.4 is 16.2 Å². The molecule has 1 aromatic rings. The predicted molar refractivity (Wildman–Crippen MR) is 59.4 cm³/mol. The van der Waals surface area contributed by atoms with Crippen LogP contribution in [0.2, 0.25) is 0 Å². The average molecular weight is 219 g/mol. The number of ether oxygens (including phenoxy) is 1. The summed E-state index contributed by atoms with van der Waals surface area (Å²) in [6, 6.07) is 6.68. The molecule has 0 fully saturated rings. The van der Waals surface area contributed by atoms with Crippen LogP contribution in [0, 0.1) is 17.2 Å². The van der Waals surface area contributed by atoms with E-state index >= 15 is 0 Å². The minimum atomic E-state index is -0.424. The number of amides is 1. The van der Waals surface area contributed by atoms with Crippen LogP contribution in [0.5, 0.6) is 5.75 Å². The molecule has 1 atom stereocenters. The van der Waals surface area contributed by atoms with E-state index in [-0.39, 0.29) is 12.5 Å². The van der Waals surface area contributed by atoms with Gasteiger partial charge in [0.15, 0.2) is 0 Å². The van der Waals surface area contributed by atoms with Crippen LogP contribution in [0.1, 0.15) is 12.5 Å². The summed E-state index contributed by atoms with van der Waals surface area (Å²) in [6.45, 7) is 1.84. The Hall–Kier alpha value is -2.22. The van der Waals surface area contributed by atoms with Gasteiger partial charge in [0.25, 0.3) is 0 Å². The first-order chi connectivity index (χ1) is 7.54. The molecule has 0 saturated heterocycles. The van der Waals surface area contributed by atoms with E-state index in [2.05, 4.69) is 0 Å². The summed E-state index contributed by atoms with van der Waals surface area (Å²) in [5.41, 5.74) is 11.6. The molecular weight excluding hydrogens is 206 g/mol. The van der Waals surface area contributed by atoms with Gasteiger partial charge >= 0.3 is 0 Å². The molecule has 1 amide bonds. The third-order valence-electron chi connectivity index (χ3n) is 2.11. The molecule has 0 spiro atoms. The molecular formula is C11H13N3O2. The maximum atomic E-state index is 10.8. The van der Waals surface area contributed by atoms with E-state index in [0.717, 1.165) is 0 Å². The maximum absolute atomic E-state index is 10.8. The van der Waals surface area contributed by atoms with Crippen molar-refractivity contribution in [3.05, 3.63) is 23.8 Å². The van der Waals surface area contributed by atoms with Gasteiger partial charge in [0, 0.05) is 0 Å². The topological polar surface area (TPSA) is 102 Å². The molecule has 0 saturated carbocycles. The van der Waals surface area contributed by atoms with Crippen molar-refractivity contribution in [3.8, 4) is 11.8 Å². The van der Waals surface area contributed by atoms with Gasteiger partial charge in [0.05, 0.1) is 29.8 Å². The van der Waals surface area contributed by atoms with Crippen LogP contribution in [-0.2, 0) is 4.79 Å². The number of carbonyl (C=O) groups is 1. The van der Waals surface area contributed by atoms with Crippen molar-refractivity contribution >= 4 is 11.6 Å². The second kappa shape index (κ2) is 5.03. The van der Waals surface area contributed by atoms with Crippen LogP contribution in [0.15, 0.2) is 18.2 Å². The first-order valence-corrected chi connectivity index (χ1v) is 4.76. The smallest absolute Gasteiger partial charge is 0.223 e. The van der Waals surface area contributed by atoms with E-state index in [0.29, 0.717) is 17.0 Å². The van der Waals surface area contributed by atoms with Crippen molar-refractivity contribution in [1.29, 1.82) is 5.26 Å². The number of rotatable bonds is 4. The summed E-state index contributed by atoms with van der Waals surface area (Å²) in [5.74, 6) is -0.352. The van der Waals surface area contributed by atoms with Crippen molar-refractivity contribution < 1.29 is 9.53 Å². The number of nitrogens with zero attached hydrogens (tertiary/aromatic N) is 1. The number of hydrogen-bond acceptors (Lipinski definition) is 4. The van der Waals surface area contributed by atoms with Crippen molar-refractivity contribution in [2.75, 3.05) is 12.3 Å². The van der Waals surface area contributed by atoms with E-state index in [4.69, 9.17) is 21.5 Å². The Balaban J connectivity index is 2.69. The minimum absolute atomic E-state index is 0.172. The highest BCUT2D eigenvalue weighted by Crippen LogP contribution is 2.22. The van der Waals surface area contributed by atoms with E-state index in [9.17, 15) is 4.79 Å². The molecule has 4 N–H and O–H groups in total. The van der Waals surface area contributed by atoms with Crippen molar-refractivity contribution in [3.63, 3.8) is 0 Å². The molecule has 0 aliphatic carbocycles. The molecule has 0 aliphatic rings. The average Bonchev–Trinajstić information content (AvgIpc) is 2.26. The Morgan fingerprint density at radius 3 is 2.81 bits per heavy atom. The van der Waals surface area contributed by atoms with Crippen LogP contribution in [0.3, 0.4) is 0 Å². The highest BCUT2D eigenvalue weighted by atomic mass is 16.5. The molecule has 0 bridgehead atoms. The lowest BCUT2D eigenvalue weighted by Gasteiger charge is -2.11. The monoisotopic (exact) mass is 219 g/mol. The van der Waals surface area contributed by atoms with E-state index in [1.807, 2.05) is 6.07 Å². The van der Waals surface area contributed by atoms with Crippen LogP contribution in [0.25, 0.3) is 0 Å². The zero-order valence-corrected chi connectivity index (χ0v) is 8.93. The standard InChI is InChI=1S/C11H13N3O2/c1-7(11(14)15)6-16-10-3-2-8(5-12)4-9(10)13/h2-4,7H,6,13H2,1H3,(H2,14,15). The fourth-order valence-electron chi connectivity index (χ4n) is 1.05. The predicted octanol–water partition coefficient (Wildman–Crippen LogP) is 0.641. The Bertz CT molecular complexity index is 437. The first kappa shape index (κ1) is 11.9. The molecule has 1 rings (SSSR count). The lowest BCUT2D eigenvalue weighted by Crippen LogP contribution is -2.25. The number of primary amides is 1. The number of benzene rings is 1. The summed E-state index contributed by atoms with van der Waals surface area (Å²) in [5, 5.41) is 8.64. The molecule has 0 aliphatic heterocycles. The zero-order valence-electron chi connectivity index (χ0n) is 8.93. The first-order valence-electron chi connectivity index (χ1n) is 4.76. The number of carbonyl (C=O) groups excluding carboxylic acids is 1. The van der Waals surface area contributed by atoms with Crippen LogP contribution in [-0.4, -0.2) is 12.5 Å². The molecule has 0 radical (unpaired) electrons. The summed E-state index contributed by atoms with van der Waals surface area (Å²) in [7, 11) is 0. The Labute approximate surface area is 93.6 Å². The molecule has 5 nitrogen and oxygen atoms in total. The van der Waals surface area contributed by atoms with E-state index < -0.39 is 5.91 Å². The third kappa shape index (κ3) is 2.89. The normalized spacial score (nSPS) is 11.5. The Morgan fingerprint density at radius 2 is 2.31 bits per heavy atom. The number of hydrogen-bond donors (Lipinski definition) is 2. The second-order valence-electron chi connectivity index (χ2n) is 3.48. The highest BCUT2D eigenvalue weighted by molar-refractivity contribution is 5.76. The van der Waals surface area contributed by atoms with Crippen LogP contribution in [0.4, 0.5) is 5.69 Å². The van der Waals surface area contributed by atoms with Gasteiger partial charge in [-0.15, -0.1) is 0 Å². The molecule has 0 aromatic heterocycles. The Morgan fingerprint density at radius 1 is 1.62 bits per heavy atom. The summed E-state index contributed by atoms with van der Waals surface area (Å²) < 4.78 is 5.32. The zero-order chi connectivity index (χ0) is 12.1. The maximum Gasteiger partial charge on any atom is 0.223 e. The lowest BCUT2D eigenvalue weighted by atomic mass is 10.2. The SMILES string of the molecule is CC(COc1ccc(C#N)cc1N)C(N)=O. The summed E-state index contributed by atoms with van der Waals surface area (Å²) in [6.07, 6.45) is 0. The molecule has 1 unspecified atom stereocenters. The fraction of sp³-hybridized carbons (Fsp3) is 0.273.